The molecule has 20 heavy (non-hydrogen) atoms. The minimum atomic E-state index is 0.536. The van der Waals surface area contributed by atoms with Crippen molar-refractivity contribution in [1.82, 2.24) is 4.90 Å². The predicted molar refractivity (Wildman–Crippen MR) is 85.6 cm³/mol. The highest BCUT2D eigenvalue weighted by molar-refractivity contribution is 5.37. The number of unbranched alkanes of at least 4 members (excludes halogenated alkanes) is 7. The maximum atomic E-state index is 9.82. The standard InChI is InChI=1S/C17H34NO2/c1-3-13-18(14-4-2)15-11-9-7-5-6-8-10-12-16-20-17-19/h3-16H2,1-2H3. The van der Waals surface area contributed by atoms with Crippen LogP contribution in [0.15, 0.2) is 0 Å². The summed E-state index contributed by atoms with van der Waals surface area (Å²) in [6, 6.07) is 0. The maximum Gasteiger partial charge on any atom is 0.417 e. The van der Waals surface area contributed by atoms with Crippen molar-refractivity contribution in [3.63, 3.8) is 0 Å². The first kappa shape index (κ1) is 19.4. The lowest BCUT2D eigenvalue weighted by molar-refractivity contribution is 0.266. The zero-order chi connectivity index (χ0) is 14.9. The molecule has 1 radical (unpaired) electrons. The average molecular weight is 284 g/mol. The third-order valence-electron chi connectivity index (χ3n) is 3.61. The number of ether oxygens (including phenoxy) is 1. The van der Waals surface area contributed by atoms with Crippen LogP contribution in [0.2, 0.25) is 0 Å². The van der Waals surface area contributed by atoms with Crippen molar-refractivity contribution in [2.45, 2.75) is 78.1 Å². The van der Waals surface area contributed by atoms with Crippen molar-refractivity contribution in [3.8, 4) is 0 Å². The number of hydrogen-bond acceptors (Lipinski definition) is 3. The Hall–Kier alpha value is -0.570. The molecule has 3 nitrogen and oxygen atoms in total. The second-order valence-corrected chi connectivity index (χ2v) is 5.60. The van der Waals surface area contributed by atoms with Gasteiger partial charge in [0.2, 0.25) is 0 Å². The zero-order valence-corrected chi connectivity index (χ0v) is 13.7. The largest absolute Gasteiger partial charge is 0.457 e. The summed E-state index contributed by atoms with van der Waals surface area (Å²) < 4.78 is 4.55. The molecule has 0 rings (SSSR count). The Morgan fingerprint density at radius 2 is 1.25 bits per heavy atom. The first-order valence-electron chi connectivity index (χ1n) is 8.56. The summed E-state index contributed by atoms with van der Waals surface area (Å²) in [5, 5.41) is 0. The van der Waals surface area contributed by atoms with Gasteiger partial charge in [-0.05, 0) is 45.3 Å². The van der Waals surface area contributed by atoms with E-state index in [1.54, 1.807) is 0 Å². The summed E-state index contributed by atoms with van der Waals surface area (Å²) in [5.41, 5.74) is 0. The van der Waals surface area contributed by atoms with Gasteiger partial charge in [-0.25, -0.2) is 4.79 Å². The van der Waals surface area contributed by atoms with Crippen LogP contribution < -0.4 is 0 Å². The van der Waals surface area contributed by atoms with Gasteiger partial charge in [-0.1, -0.05) is 52.4 Å². The Balaban J connectivity index is 3.20. The quantitative estimate of drug-likeness (QED) is 0.395. The molecule has 0 N–H and O–H groups in total. The fourth-order valence-electron chi connectivity index (χ4n) is 2.58. The summed E-state index contributed by atoms with van der Waals surface area (Å²) in [4.78, 5) is 12.4. The van der Waals surface area contributed by atoms with Crippen molar-refractivity contribution in [3.05, 3.63) is 0 Å². The van der Waals surface area contributed by atoms with Crippen molar-refractivity contribution < 1.29 is 9.53 Å². The van der Waals surface area contributed by atoms with E-state index in [1.807, 2.05) is 0 Å². The number of rotatable bonds is 16. The number of hydrogen-bond donors (Lipinski definition) is 0. The molecular weight excluding hydrogens is 250 g/mol. The molecule has 0 aromatic rings. The fourth-order valence-corrected chi connectivity index (χ4v) is 2.58. The molecule has 3 heteroatoms. The van der Waals surface area contributed by atoms with Crippen molar-refractivity contribution in [1.29, 1.82) is 0 Å². The second-order valence-electron chi connectivity index (χ2n) is 5.60. The maximum absolute atomic E-state index is 9.82. The topological polar surface area (TPSA) is 29.5 Å². The highest BCUT2D eigenvalue weighted by Crippen LogP contribution is 2.09. The van der Waals surface area contributed by atoms with E-state index < -0.39 is 0 Å². The lowest BCUT2D eigenvalue weighted by atomic mass is 10.1. The van der Waals surface area contributed by atoms with Gasteiger partial charge >= 0.3 is 6.47 Å². The van der Waals surface area contributed by atoms with E-state index in [0.29, 0.717) is 6.61 Å². The molecule has 0 aromatic carbocycles. The molecule has 0 spiro atoms. The Morgan fingerprint density at radius 1 is 0.750 bits per heavy atom. The van der Waals surface area contributed by atoms with Crippen LogP contribution in [0.4, 0.5) is 0 Å². The van der Waals surface area contributed by atoms with E-state index in [0.717, 1.165) is 6.42 Å². The molecule has 0 saturated carbocycles. The monoisotopic (exact) mass is 284 g/mol. The van der Waals surface area contributed by atoms with Gasteiger partial charge in [0.1, 0.15) is 0 Å². The molecule has 0 aliphatic heterocycles. The van der Waals surface area contributed by atoms with Crippen LogP contribution in [0, 0.1) is 0 Å². The summed E-state index contributed by atoms with van der Waals surface area (Å²) in [6.45, 7) is 10.3. The molecule has 0 aromatic heterocycles. The molecular formula is C17H34NO2. The lowest BCUT2D eigenvalue weighted by Gasteiger charge is -2.20. The third kappa shape index (κ3) is 13.9. The Kier molecular flexibility index (Phi) is 16.0. The number of nitrogens with zero attached hydrogens (tertiary/aromatic N) is 1. The molecule has 0 aliphatic rings. The van der Waals surface area contributed by atoms with Crippen LogP contribution in [-0.4, -0.2) is 37.6 Å². The van der Waals surface area contributed by atoms with Crippen LogP contribution >= 0.6 is 0 Å². The molecule has 0 amide bonds. The van der Waals surface area contributed by atoms with Gasteiger partial charge in [0.05, 0.1) is 6.61 Å². The van der Waals surface area contributed by atoms with Gasteiger partial charge in [-0.2, -0.15) is 0 Å². The number of carbonyl (C=O) groups excluding carboxylic acids is 1. The van der Waals surface area contributed by atoms with Crippen LogP contribution in [-0.2, 0) is 9.53 Å². The van der Waals surface area contributed by atoms with Gasteiger partial charge in [0.15, 0.2) is 0 Å². The molecule has 0 fully saturated rings. The fraction of sp³-hybridized carbons (Fsp3) is 0.941. The molecule has 0 atom stereocenters. The van der Waals surface area contributed by atoms with Crippen LogP contribution in [0.5, 0.6) is 0 Å². The molecule has 0 bridgehead atoms. The Morgan fingerprint density at radius 3 is 1.75 bits per heavy atom. The van der Waals surface area contributed by atoms with Gasteiger partial charge in [0.25, 0.3) is 0 Å². The van der Waals surface area contributed by atoms with Gasteiger partial charge in [0, 0.05) is 0 Å². The second kappa shape index (κ2) is 16.5. The minimum Gasteiger partial charge on any atom is -0.457 e. The van der Waals surface area contributed by atoms with Gasteiger partial charge < -0.3 is 9.64 Å². The summed E-state index contributed by atoms with van der Waals surface area (Å²) in [5.74, 6) is 0. The Bertz CT molecular complexity index is 191. The third-order valence-corrected chi connectivity index (χ3v) is 3.61. The first-order chi connectivity index (χ1) is 9.85. The van der Waals surface area contributed by atoms with Crippen LogP contribution in [0.1, 0.15) is 78.1 Å². The highest BCUT2D eigenvalue weighted by Gasteiger charge is 2.01. The lowest BCUT2D eigenvalue weighted by Crippen LogP contribution is -2.26. The van der Waals surface area contributed by atoms with Crippen molar-refractivity contribution in [2.24, 2.45) is 0 Å². The zero-order valence-electron chi connectivity index (χ0n) is 13.7. The van der Waals surface area contributed by atoms with E-state index in [4.69, 9.17) is 0 Å². The highest BCUT2D eigenvalue weighted by atomic mass is 16.5. The van der Waals surface area contributed by atoms with E-state index in [-0.39, 0.29) is 0 Å². The molecule has 0 heterocycles. The van der Waals surface area contributed by atoms with Crippen molar-refractivity contribution in [2.75, 3.05) is 26.2 Å². The normalized spacial score (nSPS) is 10.9. The van der Waals surface area contributed by atoms with E-state index in [9.17, 15) is 4.79 Å². The van der Waals surface area contributed by atoms with Crippen LogP contribution in [0.25, 0.3) is 0 Å². The van der Waals surface area contributed by atoms with E-state index in [2.05, 4.69) is 23.5 Å². The molecule has 0 unspecified atom stereocenters. The Labute approximate surface area is 126 Å². The van der Waals surface area contributed by atoms with Gasteiger partial charge in [-0.3, -0.25) is 0 Å². The summed E-state index contributed by atoms with van der Waals surface area (Å²) in [6.07, 6.45) is 12.7. The summed E-state index contributed by atoms with van der Waals surface area (Å²) >= 11 is 0. The van der Waals surface area contributed by atoms with Crippen molar-refractivity contribution >= 4 is 6.47 Å². The summed E-state index contributed by atoms with van der Waals surface area (Å²) in [7, 11) is 0. The average Bonchev–Trinajstić information content (AvgIpc) is 2.45. The SMILES string of the molecule is CCCN(CCC)CCCCCCCCCCO[C]=O. The van der Waals surface area contributed by atoms with E-state index >= 15 is 0 Å². The van der Waals surface area contributed by atoms with Crippen LogP contribution in [0.3, 0.4) is 0 Å². The molecule has 0 saturated heterocycles. The molecule has 119 valence electrons. The minimum absolute atomic E-state index is 0.536. The molecule has 0 aliphatic carbocycles. The predicted octanol–water partition coefficient (Wildman–Crippen LogP) is 4.31. The van der Waals surface area contributed by atoms with E-state index in [1.165, 1.54) is 83.9 Å². The first-order valence-corrected chi connectivity index (χ1v) is 8.56. The smallest absolute Gasteiger partial charge is 0.417 e. The van der Waals surface area contributed by atoms with Gasteiger partial charge in [-0.15, -0.1) is 0 Å².